The van der Waals surface area contributed by atoms with E-state index < -0.39 is 11.8 Å². The number of urea groups is 1. The Balaban J connectivity index is 1.80. The number of thiazole rings is 1. The van der Waals surface area contributed by atoms with Crippen LogP contribution in [0.1, 0.15) is 0 Å². The predicted molar refractivity (Wildman–Crippen MR) is 91.8 cm³/mol. The summed E-state index contributed by atoms with van der Waals surface area (Å²) in [6, 6.07) is 8.87. The number of nitrogens with one attached hydrogen (secondary N) is 2. The number of rotatable bonds is 4. The van der Waals surface area contributed by atoms with Gasteiger partial charge in [-0.2, -0.15) is 0 Å². The highest BCUT2D eigenvalue weighted by Gasteiger charge is 2.13. The van der Waals surface area contributed by atoms with Gasteiger partial charge in [0.15, 0.2) is 16.6 Å². The second-order valence-electron chi connectivity index (χ2n) is 4.75. The fraction of sp³-hybridized carbons (Fsp3) is 0.125. The first kappa shape index (κ1) is 16.0. The number of benzene rings is 2. The van der Waals surface area contributed by atoms with Gasteiger partial charge in [0, 0.05) is 12.1 Å². The van der Waals surface area contributed by atoms with Crippen LogP contribution in [0, 0.1) is 5.82 Å². The fourth-order valence-electron chi connectivity index (χ4n) is 2.12. The normalized spacial score (nSPS) is 10.5. The minimum absolute atomic E-state index is 0.0967. The van der Waals surface area contributed by atoms with Crippen LogP contribution in [-0.2, 0) is 0 Å². The molecule has 3 rings (SSSR count). The minimum Gasteiger partial charge on any atom is -0.493 e. The number of halogens is 1. The predicted octanol–water partition coefficient (Wildman–Crippen LogP) is 4.10. The van der Waals surface area contributed by atoms with Gasteiger partial charge < -0.3 is 14.8 Å². The molecule has 0 atom stereocenters. The number of methoxy groups -OCH3 is 2. The van der Waals surface area contributed by atoms with Crippen LogP contribution in [0.25, 0.3) is 10.2 Å². The molecule has 2 aromatic carbocycles. The molecule has 8 heteroatoms. The lowest BCUT2D eigenvalue weighted by atomic mass is 10.3. The van der Waals surface area contributed by atoms with Crippen LogP contribution < -0.4 is 20.1 Å². The Morgan fingerprint density at radius 1 is 1.12 bits per heavy atom. The molecular weight excluding hydrogens is 333 g/mol. The highest BCUT2D eigenvalue weighted by Crippen LogP contribution is 2.36. The van der Waals surface area contributed by atoms with E-state index in [2.05, 4.69) is 15.6 Å². The Kier molecular flexibility index (Phi) is 4.48. The van der Waals surface area contributed by atoms with E-state index in [9.17, 15) is 9.18 Å². The van der Waals surface area contributed by atoms with Crippen LogP contribution in [0.2, 0.25) is 0 Å². The maximum absolute atomic E-state index is 13.5. The summed E-state index contributed by atoms with van der Waals surface area (Å²) in [5, 5.41) is 5.41. The molecule has 0 radical (unpaired) electrons. The van der Waals surface area contributed by atoms with Gasteiger partial charge in [-0.05, 0) is 12.1 Å². The summed E-state index contributed by atoms with van der Waals surface area (Å²) in [5.74, 6) is 0.625. The van der Waals surface area contributed by atoms with Gasteiger partial charge in [0.2, 0.25) is 0 Å². The minimum atomic E-state index is -0.571. The van der Waals surface area contributed by atoms with Crippen molar-refractivity contribution in [1.82, 2.24) is 4.98 Å². The van der Waals surface area contributed by atoms with Crippen molar-refractivity contribution in [3.05, 3.63) is 42.2 Å². The first-order chi connectivity index (χ1) is 11.6. The number of amides is 2. The molecule has 0 aliphatic rings. The number of hydrogen-bond donors (Lipinski definition) is 2. The lowest BCUT2D eigenvalue weighted by Crippen LogP contribution is -2.19. The van der Waals surface area contributed by atoms with Gasteiger partial charge in [-0.15, -0.1) is 0 Å². The summed E-state index contributed by atoms with van der Waals surface area (Å²) in [7, 11) is 3.09. The Hall–Kier alpha value is -2.87. The molecule has 1 aromatic heterocycles. The highest BCUT2D eigenvalue weighted by atomic mass is 32.1. The van der Waals surface area contributed by atoms with E-state index in [1.54, 1.807) is 31.4 Å². The first-order valence-corrected chi connectivity index (χ1v) is 7.77. The van der Waals surface area contributed by atoms with Gasteiger partial charge in [-0.3, -0.25) is 5.32 Å². The molecule has 0 aliphatic carbocycles. The van der Waals surface area contributed by atoms with Gasteiger partial charge in [-0.1, -0.05) is 23.5 Å². The van der Waals surface area contributed by atoms with Gasteiger partial charge in [0.05, 0.1) is 30.1 Å². The molecule has 0 unspecified atom stereocenters. The maximum Gasteiger partial charge on any atom is 0.325 e. The monoisotopic (exact) mass is 347 g/mol. The van der Waals surface area contributed by atoms with Gasteiger partial charge in [0.1, 0.15) is 5.82 Å². The van der Waals surface area contributed by atoms with Crippen molar-refractivity contribution in [3.63, 3.8) is 0 Å². The summed E-state index contributed by atoms with van der Waals surface area (Å²) in [6.45, 7) is 0. The van der Waals surface area contributed by atoms with Crippen LogP contribution in [-0.4, -0.2) is 25.2 Å². The molecule has 0 spiro atoms. The molecule has 0 fully saturated rings. The van der Waals surface area contributed by atoms with E-state index in [4.69, 9.17) is 9.47 Å². The number of fused-ring (bicyclic) bond motifs is 1. The molecule has 6 nitrogen and oxygen atoms in total. The molecule has 0 bridgehead atoms. The Morgan fingerprint density at radius 3 is 2.54 bits per heavy atom. The summed E-state index contributed by atoms with van der Waals surface area (Å²) in [5.41, 5.74) is 0.762. The second kappa shape index (κ2) is 6.71. The van der Waals surface area contributed by atoms with Crippen molar-refractivity contribution in [1.29, 1.82) is 0 Å². The quantitative estimate of drug-likeness (QED) is 0.745. The third-order valence-electron chi connectivity index (χ3n) is 3.24. The number of aromatic nitrogens is 1. The van der Waals surface area contributed by atoms with Crippen molar-refractivity contribution in [2.75, 3.05) is 24.9 Å². The van der Waals surface area contributed by atoms with Crippen molar-refractivity contribution in [2.24, 2.45) is 0 Å². The van der Waals surface area contributed by atoms with Crippen molar-refractivity contribution in [3.8, 4) is 11.5 Å². The third-order valence-corrected chi connectivity index (χ3v) is 4.17. The SMILES string of the molecule is COc1cc2nc(NC(=O)Nc3ccccc3F)sc2cc1OC. The molecule has 0 saturated heterocycles. The number of carbonyl (C=O) groups excluding carboxylic acids is 1. The van der Waals surface area contributed by atoms with Crippen LogP contribution >= 0.6 is 11.3 Å². The van der Waals surface area contributed by atoms with E-state index in [0.717, 1.165) is 4.70 Å². The van der Waals surface area contributed by atoms with E-state index >= 15 is 0 Å². The number of para-hydroxylation sites is 1. The number of anilines is 2. The van der Waals surface area contributed by atoms with E-state index in [1.807, 2.05) is 0 Å². The van der Waals surface area contributed by atoms with Crippen molar-refractivity contribution >= 4 is 38.4 Å². The first-order valence-electron chi connectivity index (χ1n) is 6.96. The molecule has 0 aliphatic heterocycles. The van der Waals surface area contributed by atoms with E-state index in [0.29, 0.717) is 22.1 Å². The largest absolute Gasteiger partial charge is 0.493 e. The van der Waals surface area contributed by atoms with Gasteiger partial charge >= 0.3 is 6.03 Å². The van der Waals surface area contributed by atoms with Crippen LogP contribution in [0.3, 0.4) is 0 Å². The molecular formula is C16H14FN3O3S. The van der Waals surface area contributed by atoms with E-state index in [-0.39, 0.29) is 5.69 Å². The Labute approximate surface area is 141 Å². The van der Waals surface area contributed by atoms with Crippen LogP contribution in [0.5, 0.6) is 11.5 Å². The summed E-state index contributed by atoms with van der Waals surface area (Å²) >= 11 is 1.28. The lowest BCUT2D eigenvalue weighted by molar-refractivity contribution is 0.262. The number of carbonyl (C=O) groups is 1. The molecule has 2 amide bonds. The Morgan fingerprint density at radius 2 is 1.83 bits per heavy atom. The summed E-state index contributed by atoms with van der Waals surface area (Å²) in [6.07, 6.45) is 0. The zero-order chi connectivity index (χ0) is 17.1. The zero-order valence-electron chi connectivity index (χ0n) is 12.9. The average Bonchev–Trinajstić information content (AvgIpc) is 2.96. The summed E-state index contributed by atoms with van der Waals surface area (Å²) in [4.78, 5) is 16.3. The van der Waals surface area contributed by atoms with Gasteiger partial charge in [0.25, 0.3) is 0 Å². The maximum atomic E-state index is 13.5. The topological polar surface area (TPSA) is 72.5 Å². The second-order valence-corrected chi connectivity index (χ2v) is 5.78. The van der Waals surface area contributed by atoms with Gasteiger partial charge in [-0.25, -0.2) is 14.2 Å². The standard InChI is InChI=1S/C16H14FN3O3S/c1-22-12-7-11-14(8-13(12)23-2)24-16(19-11)20-15(21)18-10-6-4-3-5-9(10)17/h3-8H,1-2H3,(H2,18,19,20,21). The smallest absolute Gasteiger partial charge is 0.325 e. The molecule has 1 heterocycles. The lowest BCUT2D eigenvalue weighted by Gasteiger charge is -2.05. The Bertz CT molecular complexity index is 856. The fourth-order valence-corrected chi connectivity index (χ4v) is 2.99. The highest BCUT2D eigenvalue weighted by molar-refractivity contribution is 7.22. The van der Waals surface area contributed by atoms with E-state index in [1.165, 1.54) is 30.6 Å². The molecule has 3 aromatic rings. The van der Waals surface area contributed by atoms with Crippen LogP contribution in [0.4, 0.5) is 20.0 Å². The molecule has 0 saturated carbocycles. The summed E-state index contributed by atoms with van der Waals surface area (Å²) < 4.78 is 24.8. The van der Waals surface area contributed by atoms with Crippen LogP contribution in [0.15, 0.2) is 36.4 Å². The van der Waals surface area contributed by atoms with Crippen molar-refractivity contribution in [2.45, 2.75) is 0 Å². The third kappa shape index (κ3) is 3.23. The molecule has 24 heavy (non-hydrogen) atoms. The number of nitrogens with zero attached hydrogens (tertiary/aromatic N) is 1. The zero-order valence-corrected chi connectivity index (χ0v) is 13.7. The number of hydrogen-bond acceptors (Lipinski definition) is 5. The molecule has 124 valence electrons. The molecule has 2 N–H and O–H groups in total. The average molecular weight is 347 g/mol. The number of ether oxygens (including phenoxy) is 2. The van der Waals surface area contributed by atoms with Crippen molar-refractivity contribution < 1.29 is 18.7 Å².